The second kappa shape index (κ2) is 4.23. The Balaban J connectivity index is 3.51. The van der Waals surface area contributed by atoms with Crippen molar-refractivity contribution >= 4 is 15.9 Å². The molecule has 0 saturated carbocycles. The lowest BCUT2D eigenvalue weighted by Crippen LogP contribution is -2.10. The van der Waals surface area contributed by atoms with E-state index in [-0.39, 0.29) is 16.5 Å². The highest BCUT2D eigenvalue weighted by Crippen LogP contribution is 2.35. The van der Waals surface area contributed by atoms with Crippen LogP contribution in [0.5, 0.6) is 0 Å². The molecule has 0 atom stereocenters. The summed E-state index contributed by atoms with van der Waals surface area (Å²) in [6.45, 7) is 1.54. The standard InChI is InChI=1S/C10H7BrF3N/c1-6-2-7(5-15)8(4-11)9(3-6)10(12,13)14/h2-3H,4H2,1H3. The SMILES string of the molecule is Cc1cc(C#N)c(CBr)c(C(F)(F)F)c1. The molecule has 0 aliphatic carbocycles. The molecule has 0 bridgehead atoms. The lowest BCUT2D eigenvalue weighted by atomic mass is 9.99. The summed E-state index contributed by atoms with van der Waals surface area (Å²) in [5, 5.41) is 8.74. The first-order valence-electron chi connectivity index (χ1n) is 4.07. The van der Waals surface area contributed by atoms with Gasteiger partial charge in [-0.1, -0.05) is 15.9 Å². The Bertz CT molecular complexity index is 418. The van der Waals surface area contributed by atoms with E-state index in [0.717, 1.165) is 6.07 Å². The van der Waals surface area contributed by atoms with Crippen LogP contribution in [0, 0.1) is 18.3 Å². The van der Waals surface area contributed by atoms with Crippen molar-refractivity contribution in [1.82, 2.24) is 0 Å². The van der Waals surface area contributed by atoms with Crippen molar-refractivity contribution in [3.8, 4) is 6.07 Å². The van der Waals surface area contributed by atoms with E-state index in [4.69, 9.17) is 5.26 Å². The highest BCUT2D eigenvalue weighted by atomic mass is 79.9. The van der Waals surface area contributed by atoms with Crippen LogP contribution in [-0.2, 0) is 11.5 Å². The van der Waals surface area contributed by atoms with Crippen molar-refractivity contribution in [1.29, 1.82) is 5.26 Å². The molecule has 80 valence electrons. The fourth-order valence-electron chi connectivity index (χ4n) is 1.31. The summed E-state index contributed by atoms with van der Waals surface area (Å²) >= 11 is 2.97. The Morgan fingerprint density at radius 2 is 2.00 bits per heavy atom. The third-order valence-corrected chi connectivity index (χ3v) is 2.51. The van der Waals surface area contributed by atoms with Crippen LogP contribution in [0.15, 0.2) is 12.1 Å². The van der Waals surface area contributed by atoms with Crippen molar-refractivity contribution < 1.29 is 13.2 Å². The Hall–Kier alpha value is -1.02. The van der Waals surface area contributed by atoms with E-state index in [1.165, 1.54) is 13.0 Å². The summed E-state index contributed by atoms with van der Waals surface area (Å²) in [4.78, 5) is 0. The minimum atomic E-state index is -4.42. The van der Waals surface area contributed by atoms with Crippen LogP contribution in [0.2, 0.25) is 0 Å². The van der Waals surface area contributed by atoms with Gasteiger partial charge < -0.3 is 0 Å². The zero-order valence-corrected chi connectivity index (χ0v) is 9.41. The molecule has 1 aromatic carbocycles. The smallest absolute Gasteiger partial charge is 0.192 e. The van der Waals surface area contributed by atoms with Gasteiger partial charge in [-0.15, -0.1) is 0 Å². The molecule has 0 radical (unpaired) electrons. The number of alkyl halides is 4. The molecule has 5 heteroatoms. The predicted octanol–water partition coefficient (Wildman–Crippen LogP) is 3.78. The molecule has 0 unspecified atom stereocenters. The number of benzene rings is 1. The molecule has 0 N–H and O–H groups in total. The van der Waals surface area contributed by atoms with E-state index >= 15 is 0 Å². The molecule has 1 rings (SSSR count). The first kappa shape index (κ1) is 12.1. The van der Waals surface area contributed by atoms with Crippen molar-refractivity contribution in [2.45, 2.75) is 18.4 Å². The van der Waals surface area contributed by atoms with Crippen molar-refractivity contribution in [3.05, 3.63) is 34.4 Å². The summed E-state index contributed by atoms with van der Waals surface area (Å²) in [6, 6.07) is 4.27. The molecule has 0 aliphatic heterocycles. The fourth-order valence-corrected chi connectivity index (χ4v) is 1.92. The first-order valence-corrected chi connectivity index (χ1v) is 5.19. The Labute approximate surface area is 93.6 Å². The molecule has 0 aliphatic rings. The summed E-state index contributed by atoms with van der Waals surface area (Å²) < 4.78 is 37.8. The van der Waals surface area contributed by atoms with Crippen molar-refractivity contribution in [3.63, 3.8) is 0 Å². The Morgan fingerprint density at radius 3 is 2.40 bits per heavy atom. The van der Waals surface area contributed by atoms with Crippen LogP contribution in [0.25, 0.3) is 0 Å². The van der Waals surface area contributed by atoms with Crippen LogP contribution in [0.3, 0.4) is 0 Å². The quantitative estimate of drug-likeness (QED) is 0.717. The number of rotatable bonds is 1. The van der Waals surface area contributed by atoms with Crippen LogP contribution in [-0.4, -0.2) is 0 Å². The van der Waals surface area contributed by atoms with E-state index in [1.807, 2.05) is 0 Å². The average Bonchev–Trinajstić information content (AvgIpc) is 2.15. The van der Waals surface area contributed by atoms with E-state index in [2.05, 4.69) is 15.9 Å². The molecule has 1 aromatic rings. The normalized spacial score (nSPS) is 11.2. The van der Waals surface area contributed by atoms with Crippen LogP contribution >= 0.6 is 15.9 Å². The third-order valence-electron chi connectivity index (χ3n) is 1.95. The highest BCUT2D eigenvalue weighted by Gasteiger charge is 2.34. The third kappa shape index (κ3) is 2.51. The molecular weight excluding hydrogens is 271 g/mol. The predicted molar refractivity (Wildman–Crippen MR) is 53.5 cm³/mol. The Morgan fingerprint density at radius 1 is 1.40 bits per heavy atom. The summed E-state index contributed by atoms with van der Waals surface area (Å²) in [5.41, 5.74) is -0.241. The molecule has 0 saturated heterocycles. The van der Waals surface area contributed by atoms with E-state index in [9.17, 15) is 13.2 Å². The largest absolute Gasteiger partial charge is 0.416 e. The molecule has 15 heavy (non-hydrogen) atoms. The fraction of sp³-hybridized carbons (Fsp3) is 0.300. The second-order valence-electron chi connectivity index (χ2n) is 3.08. The number of hydrogen-bond acceptors (Lipinski definition) is 1. The first-order chi connectivity index (χ1) is 6.90. The molecule has 0 heterocycles. The van der Waals surface area contributed by atoms with Gasteiger partial charge in [-0.05, 0) is 30.2 Å². The topological polar surface area (TPSA) is 23.8 Å². The van der Waals surface area contributed by atoms with Crippen LogP contribution in [0.1, 0.15) is 22.3 Å². The number of nitriles is 1. The summed E-state index contributed by atoms with van der Waals surface area (Å²) in [7, 11) is 0. The number of nitrogens with zero attached hydrogens (tertiary/aromatic N) is 1. The van der Waals surface area contributed by atoms with Gasteiger partial charge in [0.1, 0.15) is 0 Å². The Kier molecular flexibility index (Phi) is 3.40. The van der Waals surface area contributed by atoms with Gasteiger partial charge in [-0.3, -0.25) is 0 Å². The van der Waals surface area contributed by atoms with E-state index in [0.29, 0.717) is 5.56 Å². The van der Waals surface area contributed by atoms with Crippen molar-refractivity contribution in [2.24, 2.45) is 0 Å². The van der Waals surface area contributed by atoms with Gasteiger partial charge in [-0.2, -0.15) is 18.4 Å². The van der Waals surface area contributed by atoms with Gasteiger partial charge >= 0.3 is 6.18 Å². The maximum Gasteiger partial charge on any atom is 0.416 e. The van der Waals surface area contributed by atoms with Crippen LogP contribution in [0.4, 0.5) is 13.2 Å². The van der Waals surface area contributed by atoms with Crippen molar-refractivity contribution in [2.75, 3.05) is 0 Å². The number of hydrogen-bond donors (Lipinski definition) is 0. The molecule has 0 fully saturated rings. The number of aryl methyl sites for hydroxylation is 1. The zero-order chi connectivity index (χ0) is 11.6. The van der Waals surface area contributed by atoms with Gasteiger partial charge in [0.2, 0.25) is 0 Å². The van der Waals surface area contributed by atoms with Gasteiger partial charge in [0, 0.05) is 5.33 Å². The molecule has 0 aromatic heterocycles. The molecule has 0 spiro atoms. The monoisotopic (exact) mass is 277 g/mol. The lowest BCUT2D eigenvalue weighted by molar-refractivity contribution is -0.138. The summed E-state index contributed by atoms with van der Waals surface area (Å²) in [5.74, 6) is 0. The van der Waals surface area contributed by atoms with E-state index < -0.39 is 11.7 Å². The van der Waals surface area contributed by atoms with Gasteiger partial charge in [0.15, 0.2) is 0 Å². The molecular formula is C10H7BrF3N. The second-order valence-corrected chi connectivity index (χ2v) is 3.64. The van der Waals surface area contributed by atoms with Crippen LogP contribution < -0.4 is 0 Å². The maximum absolute atomic E-state index is 12.6. The van der Waals surface area contributed by atoms with E-state index in [1.54, 1.807) is 6.07 Å². The average molecular weight is 278 g/mol. The minimum absolute atomic E-state index is 0.00407. The highest BCUT2D eigenvalue weighted by molar-refractivity contribution is 9.08. The lowest BCUT2D eigenvalue weighted by Gasteiger charge is -2.13. The number of halogens is 4. The van der Waals surface area contributed by atoms with Gasteiger partial charge in [0.05, 0.1) is 17.2 Å². The zero-order valence-electron chi connectivity index (χ0n) is 7.82. The maximum atomic E-state index is 12.6. The summed E-state index contributed by atoms with van der Waals surface area (Å²) in [6.07, 6.45) is -4.42. The molecule has 1 nitrogen and oxygen atoms in total. The van der Waals surface area contributed by atoms with Gasteiger partial charge in [0.25, 0.3) is 0 Å². The van der Waals surface area contributed by atoms with Gasteiger partial charge in [-0.25, -0.2) is 0 Å². The molecule has 0 amide bonds. The minimum Gasteiger partial charge on any atom is -0.192 e.